The first kappa shape index (κ1) is 45.2. The number of benzene rings is 3. The Hall–Kier alpha value is -5.90. The lowest BCUT2D eigenvalue weighted by molar-refractivity contribution is -0.160. The Morgan fingerprint density at radius 2 is 1.62 bits per heavy atom. The number of ether oxygens (including phenoxy) is 5. The number of aliphatic hydroxyl groups is 2. The summed E-state index contributed by atoms with van der Waals surface area (Å²) < 4.78 is 29.6. The number of carbonyl (C=O) groups excluding carboxylic acids is 4. The number of aliphatic hydroxyl groups excluding tert-OH is 2. The van der Waals surface area contributed by atoms with Crippen molar-refractivity contribution in [1.29, 1.82) is 0 Å². The van der Waals surface area contributed by atoms with Crippen LogP contribution in [0.15, 0.2) is 72.5 Å². The van der Waals surface area contributed by atoms with E-state index >= 15 is 0 Å². The van der Waals surface area contributed by atoms with Crippen molar-refractivity contribution < 1.29 is 63.3 Å². The zero-order valence-electron chi connectivity index (χ0n) is 35.1. The highest BCUT2D eigenvalue weighted by atomic mass is 16.7. The summed E-state index contributed by atoms with van der Waals surface area (Å²) in [7, 11) is 1.43. The summed E-state index contributed by atoms with van der Waals surface area (Å²) in [5.41, 5.74) is 0.412. The summed E-state index contributed by atoms with van der Waals surface area (Å²) in [6.07, 6.45) is 3.52. The van der Waals surface area contributed by atoms with Crippen molar-refractivity contribution in [2.45, 2.75) is 85.6 Å². The number of carbonyl (C=O) groups is 4. The fourth-order valence-corrected chi connectivity index (χ4v) is 7.61. The van der Waals surface area contributed by atoms with E-state index in [0.29, 0.717) is 5.69 Å². The van der Waals surface area contributed by atoms with Gasteiger partial charge in [0.15, 0.2) is 12.4 Å². The summed E-state index contributed by atoms with van der Waals surface area (Å²) >= 11 is 0. The third-order valence-electron chi connectivity index (χ3n) is 11.2. The Morgan fingerprint density at radius 1 is 0.933 bits per heavy atom. The average molecular weight is 831 g/mol. The van der Waals surface area contributed by atoms with Gasteiger partial charge in [0.1, 0.15) is 23.4 Å². The highest BCUT2D eigenvalue weighted by molar-refractivity contribution is 6.21. The van der Waals surface area contributed by atoms with E-state index in [0.717, 1.165) is 0 Å². The fraction of sp³-hybridized carbons (Fsp3) is 0.422. The second kappa shape index (κ2) is 18.6. The highest BCUT2D eigenvalue weighted by Crippen LogP contribution is 2.54. The van der Waals surface area contributed by atoms with Gasteiger partial charge in [-0.2, -0.15) is 0 Å². The SMILES string of the molecule is COC1/C=C/OC2(C)Oc3c(C)c(O)c4c(O)c(cc(OCC(=O)Nc5ccccc5)c4c3C2=O)NC(=O)/C(C)=C\C=C\C(C)C(O)C(C)C(O)C(C)C(OC(C)=O)C1C. The molecule has 6 rings (SSSR count). The molecule has 0 radical (unpaired) electrons. The zero-order valence-corrected chi connectivity index (χ0v) is 35.1. The fourth-order valence-electron chi connectivity index (χ4n) is 7.61. The van der Waals surface area contributed by atoms with Gasteiger partial charge in [0.25, 0.3) is 17.6 Å². The molecule has 5 bridgehead atoms. The Kier molecular flexibility index (Phi) is 14.0. The van der Waals surface area contributed by atoms with Gasteiger partial charge in [-0.25, -0.2) is 0 Å². The van der Waals surface area contributed by atoms with Crippen LogP contribution in [0.2, 0.25) is 0 Å². The molecule has 3 heterocycles. The molecule has 3 aromatic rings. The van der Waals surface area contributed by atoms with E-state index in [4.69, 9.17) is 23.7 Å². The van der Waals surface area contributed by atoms with Crippen molar-refractivity contribution in [2.24, 2.45) is 23.7 Å². The van der Waals surface area contributed by atoms with Crippen molar-refractivity contribution in [3.8, 4) is 23.0 Å². The van der Waals surface area contributed by atoms with Gasteiger partial charge in [0.2, 0.25) is 0 Å². The predicted octanol–water partition coefficient (Wildman–Crippen LogP) is 6.07. The minimum atomic E-state index is -2.04. The molecule has 60 heavy (non-hydrogen) atoms. The molecule has 0 aromatic heterocycles. The van der Waals surface area contributed by atoms with Crippen LogP contribution < -0.4 is 20.1 Å². The van der Waals surface area contributed by atoms with Gasteiger partial charge in [0.05, 0.1) is 41.2 Å². The van der Waals surface area contributed by atoms with Gasteiger partial charge in [-0.3, -0.25) is 19.2 Å². The molecule has 3 aromatic carbocycles. The van der Waals surface area contributed by atoms with Crippen LogP contribution >= 0.6 is 0 Å². The number of rotatable bonds is 6. The van der Waals surface area contributed by atoms with E-state index in [9.17, 15) is 39.6 Å². The van der Waals surface area contributed by atoms with Gasteiger partial charge in [-0.05, 0) is 32.1 Å². The Morgan fingerprint density at radius 3 is 2.27 bits per heavy atom. The number of para-hydroxylation sites is 1. The van der Waals surface area contributed by atoms with Crippen LogP contribution in [0.3, 0.4) is 0 Å². The molecule has 0 aliphatic carbocycles. The Bertz CT molecular complexity index is 2220. The van der Waals surface area contributed by atoms with Crippen molar-refractivity contribution in [3.63, 3.8) is 0 Å². The average Bonchev–Trinajstić information content (AvgIpc) is 3.48. The molecule has 15 nitrogen and oxygen atoms in total. The number of phenolic OH excluding ortho intramolecular Hbond substituents is 2. The molecule has 0 fully saturated rings. The van der Waals surface area contributed by atoms with Crippen LogP contribution in [-0.2, 0) is 28.6 Å². The van der Waals surface area contributed by atoms with Crippen molar-refractivity contribution in [2.75, 3.05) is 24.4 Å². The number of amides is 2. The maximum Gasteiger partial charge on any atom is 0.312 e. The van der Waals surface area contributed by atoms with E-state index in [-0.39, 0.29) is 44.7 Å². The lowest BCUT2D eigenvalue weighted by Gasteiger charge is -2.38. The number of allylic oxidation sites excluding steroid dienone is 2. The third-order valence-corrected chi connectivity index (χ3v) is 11.2. The molecule has 0 spiro atoms. The molecular weight excluding hydrogens is 776 g/mol. The largest absolute Gasteiger partial charge is 0.507 e. The molecule has 3 aliphatic rings. The second-order valence-electron chi connectivity index (χ2n) is 15.6. The van der Waals surface area contributed by atoms with Crippen molar-refractivity contribution >= 4 is 45.7 Å². The number of esters is 1. The number of hydrogen-bond donors (Lipinski definition) is 6. The van der Waals surface area contributed by atoms with Crippen LogP contribution in [0.4, 0.5) is 11.4 Å². The molecule has 0 saturated heterocycles. The quantitative estimate of drug-likeness (QED) is 0.123. The Labute approximate surface area is 348 Å². The number of hydrogen-bond acceptors (Lipinski definition) is 13. The van der Waals surface area contributed by atoms with E-state index in [1.807, 2.05) is 0 Å². The smallest absolute Gasteiger partial charge is 0.312 e. The molecule has 322 valence electrons. The summed E-state index contributed by atoms with van der Waals surface area (Å²) in [4.78, 5) is 53.4. The first-order valence-corrected chi connectivity index (χ1v) is 19.6. The molecule has 15 heteroatoms. The normalized spacial score (nSPS) is 29.4. The van der Waals surface area contributed by atoms with E-state index in [1.54, 1.807) is 70.2 Å². The Balaban J connectivity index is 1.66. The third kappa shape index (κ3) is 9.28. The minimum absolute atomic E-state index is 0.0612. The molecule has 9 atom stereocenters. The van der Waals surface area contributed by atoms with Crippen LogP contribution in [0.25, 0.3) is 10.8 Å². The minimum Gasteiger partial charge on any atom is -0.507 e. The summed E-state index contributed by atoms with van der Waals surface area (Å²) in [5, 5.41) is 51.1. The number of Topliss-reactive ketones (excluding diaryl/α,β-unsaturated/α-hetero) is 1. The number of methoxy groups -OCH3 is 1. The molecule has 2 amide bonds. The number of ketones is 1. The molecular formula is C45H54N2O13. The summed E-state index contributed by atoms with van der Waals surface area (Å²) in [5.74, 6) is -8.41. The van der Waals surface area contributed by atoms with Crippen LogP contribution in [0.5, 0.6) is 23.0 Å². The first-order valence-electron chi connectivity index (χ1n) is 19.6. The topological polar surface area (TPSA) is 219 Å². The zero-order chi connectivity index (χ0) is 44.2. The van der Waals surface area contributed by atoms with Crippen LogP contribution in [0.1, 0.15) is 64.4 Å². The highest BCUT2D eigenvalue weighted by Gasteiger charge is 2.49. The predicted molar refractivity (Wildman–Crippen MR) is 223 cm³/mol. The van der Waals surface area contributed by atoms with Crippen LogP contribution in [0, 0.1) is 30.6 Å². The lowest BCUT2D eigenvalue weighted by atomic mass is 9.78. The molecule has 6 N–H and O–H groups in total. The summed E-state index contributed by atoms with van der Waals surface area (Å²) in [6.45, 7) is 11.9. The molecule has 3 aliphatic heterocycles. The number of nitrogens with one attached hydrogen (secondary N) is 2. The van der Waals surface area contributed by atoms with Crippen molar-refractivity contribution in [1.82, 2.24) is 0 Å². The number of aromatic hydroxyl groups is 2. The maximum atomic E-state index is 14.5. The summed E-state index contributed by atoms with van der Waals surface area (Å²) in [6, 6.07) is 9.87. The first-order chi connectivity index (χ1) is 28.3. The maximum absolute atomic E-state index is 14.5. The van der Waals surface area contributed by atoms with Gasteiger partial charge in [0, 0.05) is 72.9 Å². The standard InChI is InChI=1S/C45H54N2O13/c1-22-14-13-15-23(2)44(55)47-30-20-32(57-21-33(49)46-29-16-11-10-12-17-29)34-35(40(30)53)39(52)27(6)42-36(34)43(54)45(8,60-42)58-19-18-31(56-9)24(3)41(59-28(7)48)26(5)38(51)25(4)37(22)50/h10-20,22,24-26,31,37-38,41,50-53H,21H2,1-9H3,(H,46,49)(H,47,55)/b14-13+,19-18+,23-15-. The van der Waals surface area contributed by atoms with Gasteiger partial charge < -0.3 is 54.7 Å². The molecule has 0 saturated carbocycles. The number of fused-ring (bicyclic) bond motifs is 14. The molecule has 9 unspecified atom stereocenters. The van der Waals surface area contributed by atoms with E-state index in [1.165, 1.54) is 59.3 Å². The second-order valence-corrected chi connectivity index (χ2v) is 15.6. The number of anilines is 2. The van der Waals surface area contributed by atoms with Gasteiger partial charge >= 0.3 is 11.8 Å². The van der Waals surface area contributed by atoms with E-state index in [2.05, 4.69) is 10.6 Å². The lowest BCUT2D eigenvalue weighted by Crippen LogP contribution is -2.46. The van der Waals surface area contributed by atoms with Gasteiger partial charge in [-0.1, -0.05) is 64.1 Å². The van der Waals surface area contributed by atoms with Crippen LogP contribution in [-0.4, -0.2) is 87.9 Å². The monoisotopic (exact) mass is 830 g/mol. The van der Waals surface area contributed by atoms with E-state index < -0.39 is 95.5 Å². The van der Waals surface area contributed by atoms with Gasteiger partial charge in [-0.15, -0.1) is 0 Å². The number of phenols is 2. The van der Waals surface area contributed by atoms with Crippen molar-refractivity contribution in [3.05, 3.63) is 83.7 Å².